The van der Waals surface area contributed by atoms with Crippen molar-refractivity contribution >= 4 is 16.9 Å². The molecule has 8 nitrogen and oxygen atoms in total. The lowest BCUT2D eigenvalue weighted by molar-refractivity contribution is 0.277. The molecule has 4 aromatic rings. The van der Waals surface area contributed by atoms with E-state index in [-0.39, 0.29) is 13.2 Å². The molecule has 1 N–H and O–H groups in total. The van der Waals surface area contributed by atoms with Crippen molar-refractivity contribution in [2.24, 2.45) is 7.05 Å². The molecule has 0 saturated heterocycles. The second kappa shape index (κ2) is 6.24. The maximum Gasteiger partial charge on any atom is 0.332 e. The van der Waals surface area contributed by atoms with Crippen LogP contribution in [-0.4, -0.2) is 34.8 Å². The summed E-state index contributed by atoms with van der Waals surface area (Å²) in [6.45, 7) is 4.06. The molecule has 0 aliphatic heterocycles. The molecule has 3 aromatic heterocycles. The van der Waals surface area contributed by atoms with Crippen LogP contribution < -0.4 is 11.2 Å². The molecule has 0 saturated carbocycles. The second-order valence-corrected chi connectivity index (χ2v) is 6.72. The van der Waals surface area contributed by atoms with E-state index in [1.165, 1.54) is 4.57 Å². The number of aromatic nitrogens is 5. The number of para-hydroxylation sites is 1. The summed E-state index contributed by atoms with van der Waals surface area (Å²) in [4.78, 5) is 30.2. The number of fused-ring (bicyclic) bond motifs is 3. The van der Waals surface area contributed by atoms with Gasteiger partial charge >= 0.3 is 5.69 Å². The number of benzene rings is 1. The van der Waals surface area contributed by atoms with E-state index in [2.05, 4.69) is 4.98 Å². The molecule has 27 heavy (non-hydrogen) atoms. The van der Waals surface area contributed by atoms with Crippen LogP contribution in [0.5, 0.6) is 0 Å². The first-order valence-electron chi connectivity index (χ1n) is 8.82. The smallest absolute Gasteiger partial charge is 0.332 e. The highest BCUT2D eigenvalue weighted by Crippen LogP contribution is 2.22. The first-order valence-corrected chi connectivity index (χ1v) is 8.82. The third-order valence-corrected chi connectivity index (χ3v) is 4.92. The summed E-state index contributed by atoms with van der Waals surface area (Å²) in [6.07, 6.45) is 2.20. The van der Waals surface area contributed by atoms with Gasteiger partial charge < -0.3 is 5.11 Å². The minimum Gasteiger partial charge on any atom is -0.396 e. The van der Waals surface area contributed by atoms with E-state index >= 15 is 0 Å². The standard InChI is InChI=1S/C19H21N5O3/c1-12-7-4-5-8-14(12)24-13(2)11-23-15-16(20-18(23)24)21(3)19(27)22(17(15)26)9-6-10-25/h4-5,7-8,11,25H,6,9-10H2,1-3H3. The molecule has 0 fully saturated rings. The van der Waals surface area contributed by atoms with Gasteiger partial charge in [0, 0.05) is 32.1 Å². The van der Waals surface area contributed by atoms with E-state index in [1.54, 1.807) is 11.4 Å². The Bertz CT molecular complexity index is 1290. The predicted octanol–water partition coefficient (Wildman–Crippen LogP) is 1.14. The van der Waals surface area contributed by atoms with Crippen LogP contribution in [-0.2, 0) is 13.6 Å². The van der Waals surface area contributed by atoms with E-state index in [1.807, 2.05) is 48.9 Å². The quantitative estimate of drug-likeness (QED) is 0.586. The van der Waals surface area contributed by atoms with E-state index in [4.69, 9.17) is 5.11 Å². The number of aryl methyl sites for hydroxylation is 3. The third kappa shape index (κ3) is 2.44. The van der Waals surface area contributed by atoms with Crippen LogP contribution in [0.1, 0.15) is 17.7 Å². The van der Waals surface area contributed by atoms with Crippen molar-refractivity contribution in [3.05, 3.63) is 62.6 Å². The Morgan fingerprint density at radius 2 is 1.89 bits per heavy atom. The maximum absolute atomic E-state index is 13.0. The molecular weight excluding hydrogens is 346 g/mol. The van der Waals surface area contributed by atoms with Crippen molar-refractivity contribution in [1.82, 2.24) is 23.1 Å². The summed E-state index contributed by atoms with van der Waals surface area (Å²) in [5.74, 6) is 0.587. The normalized spacial score (nSPS) is 11.7. The number of rotatable bonds is 4. The monoisotopic (exact) mass is 367 g/mol. The number of imidazole rings is 2. The molecule has 140 valence electrons. The Kier molecular flexibility index (Phi) is 4.00. The molecule has 0 atom stereocenters. The van der Waals surface area contributed by atoms with E-state index in [9.17, 15) is 9.59 Å². The number of hydrogen-bond acceptors (Lipinski definition) is 4. The van der Waals surface area contributed by atoms with Gasteiger partial charge in [-0.2, -0.15) is 4.98 Å². The zero-order chi connectivity index (χ0) is 19.3. The van der Waals surface area contributed by atoms with E-state index in [0.29, 0.717) is 23.4 Å². The van der Waals surface area contributed by atoms with Crippen LogP contribution in [0.4, 0.5) is 0 Å². The van der Waals surface area contributed by atoms with Crippen LogP contribution in [0.3, 0.4) is 0 Å². The summed E-state index contributed by atoms with van der Waals surface area (Å²) < 4.78 is 6.28. The summed E-state index contributed by atoms with van der Waals surface area (Å²) >= 11 is 0. The molecular formula is C19H21N5O3. The Morgan fingerprint density at radius 1 is 1.15 bits per heavy atom. The molecule has 0 spiro atoms. The average Bonchev–Trinajstić information content (AvgIpc) is 3.15. The van der Waals surface area contributed by atoms with Gasteiger partial charge in [-0.1, -0.05) is 18.2 Å². The van der Waals surface area contributed by atoms with Crippen molar-refractivity contribution in [1.29, 1.82) is 0 Å². The minimum atomic E-state index is -0.430. The van der Waals surface area contributed by atoms with Gasteiger partial charge in [0.05, 0.1) is 5.69 Å². The molecule has 1 aromatic carbocycles. The van der Waals surface area contributed by atoms with Gasteiger partial charge in [0.2, 0.25) is 5.78 Å². The SMILES string of the molecule is Cc1ccccc1-n1c(C)cn2c3c(=O)n(CCCO)c(=O)n(C)c3nc12. The average molecular weight is 367 g/mol. The molecule has 0 amide bonds. The van der Waals surface area contributed by atoms with Crippen LogP contribution in [0.15, 0.2) is 40.1 Å². The summed E-state index contributed by atoms with van der Waals surface area (Å²) in [5.41, 5.74) is 2.88. The summed E-state index contributed by atoms with van der Waals surface area (Å²) in [6, 6.07) is 7.95. The molecule has 4 rings (SSSR count). The lowest BCUT2D eigenvalue weighted by Gasteiger charge is -2.09. The molecule has 0 bridgehead atoms. The first-order chi connectivity index (χ1) is 13.0. The minimum absolute atomic E-state index is 0.0851. The van der Waals surface area contributed by atoms with Gasteiger partial charge in [-0.25, -0.2) is 4.79 Å². The van der Waals surface area contributed by atoms with Gasteiger partial charge in [0.1, 0.15) is 0 Å². The Labute approximate surface area is 154 Å². The van der Waals surface area contributed by atoms with Gasteiger partial charge in [0.15, 0.2) is 11.2 Å². The Morgan fingerprint density at radius 3 is 2.59 bits per heavy atom. The van der Waals surface area contributed by atoms with Crippen molar-refractivity contribution in [3.63, 3.8) is 0 Å². The van der Waals surface area contributed by atoms with Crippen molar-refractivity contribution in [2.45, 2.75) is 26.8 Å². The zero-order valence-corrected chi connectivity index (χ0v) is 15.5. The third-order valence-electron chi connectivity index (χ3n) is 4.92. The van der Waals surface area contributed by atoms with Gasteiger partial charge in [-0.15, -0.1) is 0 Å². The number of hydrogen-bond donors (Lipinski definition) is 1. The highest BCUT2D eigenvalue weighted by molar-refractivity contribution is 5.76. The first kappa shape index (κ1) is 17.3. The van der Waals surface area contributed by atoms with Crippen molar-refractivity contribution in [2.75, 3.05) is 6.61 Å². The highest BCUT2D eigenvalue weighted by atomic mass is 16.3. The predicted molar refractivity (Wildman–Crippen MR) is 103 cm³/mol. The summed E-state index contributed by atoms with van der Waals surface area (Å²) in [7, 11) is 1.61. The Balaban J connectivity index is 2.11. The van der Waals surface area contributed by atoms with Gasteiger partial charge in [-0.3, -0.25) is 22.9 Å². The molecule has 0 radical (unpaired) electrons. The highest BCUT2D eigenvalue weighted by Gasteiger charge is 2.20. The van der Waals surface area contributed by atoms with Gasteiger partial charge in [0.25, 0.3) is 5.56 Å². The largest absolute Gasteiger partial charge is 0.396 e. The van der Waals surface area contributed by atoms with Crippen LogP contribution >= 0.6 is 0 Å². The molecule has 0 aliphatic rings. The lowest BCUT2D eigenvalue weighted by Crippen LogP contribution is -2.39. The number of nitrogens with zero attached hydrogens (tertiary/aromatic N) is 5. The molecule has 8 heteroatoms. The van der Waals surface area contributed by atoms with Crippen molar-refractivity contribution in [3.8, 4) is 5.69 Å². The number of aliphatic hydroxyl groups is 1. The van der Waals surface area contributed by atoms with E-state index in [0.717, 1.165) is 21.5 Å². The van der Waals surface area contributed by atoms with Crippen molar-refractivity contribution < 1.29 is 5.11 Å². The molecule has 0 aliphatic carbocycles. The van der Waals surface area contributed by atoms with Crippen LogP contribution in [0.25, 0.3) is 22.6 Å². The lowest BCUT2D eigenvalue weighted by atomic mass is 10.2. The summed E-state index contributed by atoms with van der Waals surface area (Å²) in [5, 5.41) is 9.07. The topological polar surface area (TPSA) is 86.5 Å². The van der Waals surface area contributed by atoms with E-state index < -0.39 is 11.2 Å². The van der Waals surface area contributed by atoms with Gasteiger partial charge in [-0.05, 0) is 31.9 Å². The maximum atomic E-state index is 13.0. The zero-order valence-electron chi connectivity index (χ0n) is 15.5. The molecule has 0 unspecified atom stereocenters. The molecule has 3 heterocycles. The fourth-order valence-corrected chi connectivity index (χ4v) is 3.55. The Hall–Kier alpha value is -3.13. The fourth-order valence-electron chi connectivity index (χ4n) is 3.55. The second-order valence-electron chi connectivity index (χ2n) is 6.72. The van der Waals surface area contributed by atoms with Crippen LogP contribution in [0, 0.1) is 13.8 Å². The van der Waals surface area contributed by atoms with Crippen LogP contribution in [0.2, 0.25) is 0 Å². The number of aliphatic hydroxyl groups excluding tert-OH is 1. The fraction of sp³-hybridized carbons (Fsp3) is 0.316.